The highest BCUT2D eigenvalue weighted by Gasteiger charge is 2.06. The summed E-state index contributed by atoms with van der Waals surface area (Å²) in [7, 11) is 0. The maximum Gasteiger partial charge on any atom is 0.335 e. The van der Waals surface area contributed by atoms with Gasteiger partial charge in [0.2, 0.25) is 0 Å². The monoisotopic (exact) mass is 207 g/mol. The Morgan fingerprint density at radius 2 is 2.07 bits per heavy atom. The first kappa shape index (κ1) is 10.7. The van der Waals surface area contributed by atoms with Crippen LogP contribution in [0.4, 0.5) is 4.39 Å². The van der Waals surface area contributed by atoms with Crippen LogP contribution in [0.15, 0.2) is 18.2 Å². The third kappa shape index (κ3) is 2.81. The Kier molecular flexibility index (Phi) is 3.03. The number of carboxylic acid groups (broad SMARTS) is 1. The molecule has 0 aliphatic heterocycles. The van der Waals surface area contributed by atoms with Gasteiger partial charge in [-0.3, -0.25) is 4.79 Å². The van der Waals surface area contributed by atoms with Crippen LogP contribution >= 0.6 is 0 Å². The highest BCUT2D eigenvalue weighted by Crippen LogP contribution is 2.09. The zero-order valence-corrected chi connectivity index (χ0v) is 7.45. The highest BCUT2D eigenvalue weighted by molar-refractivity contribution is 5.92. The molecule has 15 heavy (non-hydrogen) atoms. The number of nitrogens with two attached hydrogens (primary N) is 1. The van der Waals surface area contributed by atoms with Crippen LogP contribution in [0.25, 0.3) is 0 Å². The number of carbonyl (C=O) groups is 2. The van der Waals surface area contributed by atoms with E-state index in [-0.39, 0.29) is 11.1 Å². The number of carbonyl (C=O) groups excluding carboxylic acids is 1. The van der Waals surface area contributed by atoms with E-state index in [0.29, 0.717) is 0 Å². The van der Waals surface area contributed by atoms with Gasteiger partial charge in [-0.2, -0.15) is 0 Å². The van der Waals surface area contributed by atoms with Gasteiger partial charge in [-0.1, -0.05) is 5.92 Å². The predicted molar refractivity (Wildman–Crippen MR) is 49.4 cm³/mol. The molecule has 0 saturated heterocycles. The van der Waals surface area contributed by atoms with Crippen LogP contribution in [-0.4, -0.2) is 17.0 Å². The molecule has 0 fully saturated rings. The van der Waals surface area contributed by atoms with Crippen molar-refractivity contribution in [2.45, 2.75) is 0 Å². The fraction of sp³-hybridized carbons (Fsp3) is 0. The SMILES string of the molecule is NC(=O)C#Cc1ccc(C(=O)O)cc1F. The lowest BCUT2D eigenvalue weighted by Gasteiger charge is -1.96. The predicted octanol–water partition coefficient (Wildman–Crippen LogP) is 0.361. The van der Waals surface area contributed by atoms with Gasteiger partial charge in [0.1, 0.15) is 5.82 Å². The summed E-state index contributed by atoms with van der Waals surface area (Å²) in [6.45, 7) is 0. The summed E-state index contributed by atoms with van der Waals surface area (Å²) in [6.07, 6.45) is 0. The molecule has 76 valence electrons. The molecule has 1 aromatic carbocycles. The lowest BCUT2D eigenvalue weighted by molar-refractivity contribution is -0.112. The van der Waals surface area contributed by atoms with E-state index in [1.807, 2.05) is 5.92 Å². The van der Waals surface area contributed by atoms with Crippen molar-refractivity contribution in [2.24, 2.45) is 5.73 Å². The smallest absolute Gasteiger partial charge is 0.335 e. The average Bonchev–Trinajstić information content (AvgIpc) is 2.15. The Bertz CT molecular complexity index is 485. The molecule has 0 aliphatic rings. The van der Waals surface area contributed by atoms with Crippen LogP contribution in [0.3, 0.4) is 0 Å². The molecule has 0 bridgehead atoms. The Morgan fingerprint density at radius 3 is 2.53 bits per heavy atom. The minimum absolute atomic E-state index is 0.0706. The summed E-state index contributed by atoms with van der Waals surface area (Å²) < 4.78 is 13.1. The number of carboxylic acids is 1. The van der Waals surface area contributed by atoms with Crippen molar-refractivity contribution in [3.63, 3.8) is 0 Å². The van der Waals surface area contributed by atoms with Gasteiger partial charge in [0.05, 0.1) is 11.1 Å². The van der Waals surface area contributed by atoms with Crippen LogP contribution in [-0.2, 0) is 4.79 Å². The maximum absolute atomic E-state index is 13.1. The van der Waals surface area contributed by atoms with Crippen LogP contribution in [0.1, 0.15) is 15.9 Å². The van der Waals surface area contributed by atoms with Gasteiger partial charge in [0.15, 0.2) is 0 Å². The third-order valence-corrected chi connectivity index (χ3v) is 1.54. The summed E-state index contributed by atoms with van der Waals surface area (Å²) in [5.41, 5.74) is 4.49. The van der Waals surface area contributed by atoms with Crippen LogP contribution in [0.2, 0.25) is 0 Å². The van der Waals surface area contributed by atoms with Gasteiger partial charge in [-0.15, -0.1) is 0 Å². The topological polar surface area (TPSA) is 80.4 Å². The van der Waals surface area contributed by atoms with Gasteiger partial charge in [-0.25, -0.2) is 9.18 Å². The van der Waals surface area contributed by atoms with Crippen molar-refractivity contribution in [2.75, 3.05) is 0 Å². The molecule has 1 rings (SSSR count). The lowest BCUT2D eigenvalue weighted by atomic mass is 10.1. The first-order chi connectivity index (χ1) is 7.00. The number of rotatable bonds is 1. The molecule has 0 aliphatic carbocycles. The van der Waals surface area contributed by atoms with E-state index >= 15 is 0 Å². The lowest BCUT2D eigenvalue weighted by Crippen LogP contribution is -2.06. The summed E-state index contributed by atoms with van der Waals surface area (Å²) in [5, 5.41) is 8.54. The minimum atomic E-state index is -1.23. The van der Waals surface area contributed by atoms with Crippen molar-refractivity contribution in [1.29, 1.82) is 0 Å². The summed E-state index contributed by atoms with van der Waals surface area (Å²) in [5.74, 6) is 1.23. The molecule has 0 spiro atoms. The van der Waals surface area contributed by atoms with Gasteiger partial charge in [0, 0.05) is 5.92 Å². The van der Waals surface area contributed by atoms with Crippen molar-refractivity contribution >= 4 is 11.9 Å². The number of hydrogen-bond acceptors (Lipinski definition) is 2. The van der Waals surface area contributed by atoms with E-state index in [1.54, 1.807) is 0 Å². The largest absolute Gasteiger partial charge is 0.478 e. The molecular weight excluding hydrogens is 201 g/mol. The van der Waals surface area contributed by atoms with Crippen LogP contribution in [0.5, 0.6) is 0 Å². The van der Waals surface area contributed by atoms with E-state index in [2.05, 4.69) is 5.92 Å². The van der Waals surface area contributed by atoms with Crippen molar-refractivity contribution in [3.05, 3.63) is 35.1 Å². The third-order valence-electron chi connectivity index (χ3n) is 1.54. The molecule has 0 saturated carbocycles. The Balaban J connectivity index is 3.10. The Labute approximate surface area is 84.5 Å². The second-order valence-electron chi connectivity index (χ2n) is 2.61. The summed E-state index contributed by atoms with van der Waals surface area (Å²) in [6, 6.07) is 3.19. The number of hydrogen-bond donors (Lipinski definition) is 2. The molecule has 1 aromatic rings. The molecule has 0 aromatic heterocycles. The van der Waals surface area contributed by atoms with E-state index in [1.165, 1.54) is 12.1 Å². The first-order valence-corrected chi connectivity index (χ1v) is 3.85. The number of amides is 1. The minimum Gasteiger partial charge on any atom is -0.478 e. The molecule has 0 unspecified atom stereocenters. The second kappa shape index (κ2) is 4.24. The first-order valence-electron chi connectivity index (χ1n) is 3.85. The van der Waals surface area contributed by atoms with Gasteiger partial charge in [-0.05, 0) is 18.2 Å². The maximum atomic E-state index is 13.1. The quantitative estimate of drug-likeness (QED) is 0.652. The number of benzene rings is 1. The normalized spacial score (nSPS) is 8.87. The molecular formula is C10H6FNO3. The van der Waals surface area contributed by atoms with Gasteiger partial charge >= 0.3 is 5.97 Å². The molecule has 3 N–H and O–H groups in total. The van der Waals surface area contributed by atoms with E-state index in [9.17, 15) is 14.0 Å². The van der Waals surface area contributed by atoms with Gasteiger partial charge in [0.25, 0.3) is 5.91 Å². The molecule has 1 amide bonds. The van der Waals surface area contributed by atoms with E-state index in [4.69, 9.17) is 10.8 Å². The van der Waals surface area contributed by atoms with Gasteiger partial charge < -0.3 is 10.8 Å². The van der Waals surface area contributed by atoms with E-state index in [0.717, 1.165) is 6.07 Å². The standard InChI is InChI=1S/C10H6FNO3/c11-8-5-7(10(14)15)2-1-6(8)3-4-9(12)13/h1-2,5H,(H2,12,13)(H,14,15). The molecule has 5 heteroatoms. The Hall–Kier alpha value is -2.35. The fourth-order valence-electron chi connectivity index (χ4n) is 0.878. The average molecular weight is 207 g/mol. The molecule has 4 nitrogen and oxygen atoms in total. The fourth-order valence-corrected chi connectivity index (χ4v) is 0.878. The zero-order valence-electron chi connectivity index (χ0n) is 7.45. The Morgan fingerprint density at radius 1 is 1.40 bits per heavy atom. The summed E-state index contributed by atoms with van der Waals surface area (Å²) >= 11 is 0. The van der Waals surface area contributed by atoms with Crippen LogP contribution in [0, 0.1) is 17.7 Å². The highest BCUT2D eigenvalue weighted by atomic mass is 19.1. The van der Waals surface area contributed by atoms with Crippen molar-refractivity contribution in [1.82, 2.24) is 0 Å². The zero-order chi connectivity index (χ0) is 11.4. The molecule has 0 radical (unpaired) electrons. The number of halogens is 1. The van der Waals surface area contributed by atoms with E-state index < -0.39 is 17.7 Å². The summed E-state index contributed by atoms with van der Waals surface area (Å²) in [4.78, 5) is 20.7. The molecule has 0 heterocycles. The van der Waals surface area contributed by atoms with Crippen LogP contribution < -0.4 is 5.73 Å². The number of primary amides is 1. The van der Waals surface area contributed by atoms with Crippen molar-refractivity contribution < 1.29 is 19.1 Å². The molecule has 0 atom stereocenters. The van der Waals surface area contributed by atoms with Crippen molar-refractivity contribution in [3.8, 4) is 11.8 Å². The second-order valence-corrected chi connectivity index (χ2v) is 2.61. The number of aromatic carboxylic acids is 1.